The number of benzene rings is 1. The highest BCUT2D eigenvalue weighted by molar-refractivity contribution is 5.79. The first-order valence-electron chi connectivity index (χ1n) is 8.81. The molecule has 0 amide bonds. The fourth-order valence-electron chi connectivity index (χ4n) is 3.42. The van der Waals surface area contributed by atoms with E-state index >= 15 is 0 Å². The summed E-state index contributed by atoms with van der Waals surface area (Å²) in [4.78, 5) is 11.0. The fourth-order valence-corrected chi connectivity index (χ4v) is 3.42. The van der Waals surface area contributed by atoms with Gasteiger partial charge < -0.3 is 19.3 Å². The quantitative estimate of drug-likeness (QED) is 0.740. The van der Waals surface area contributed by atoms with Gasteiger partial charge in [0.2, 0.25) is 5.88 Å². The second-order valence-electron chi connectivity index (χ2n) is 7.01. The van der Waals surface area contributed by atoms with Crippen molar-refractivity contribution in [3.8, 4) is 23.0 Å². The van der Waals surface area contributed by atoms with Gasteiger partial charge in [0.25, 0.3) is 0 Å². The van der Waals surface area contributed by atoms with Crippen LogP contribution in [0.2, 0.25) is 0 Å². The molecule has 1 saturated heterocycles. The summed E-state index contributed by atoms with van der Waals surface area (Å²) in [5.41, 5.74) is 0.377. The number of aryl methyl sites for hydroxylation is 1. The maximum atomic E-state index is 12.8. The van der Waals surface area contributed by atoms with Gasteiger partial charge in [-0.3, -0.25) is 0 Å². The zero-order chi connectivity index (χ0) is 20.1. The molecule has 1 aliphatic heterocycles. The number of phenolic OH excluding ortho intramolecular Hbond substituents is 1. The van der Waals surface area contributed by atoms with Crippen LogP contribution in [0.15, 0.2) is 30.3 Å². The molecule has 1 aromatic carbocycles. The van der Waals surface area contributed by atoms with Gasteiger partial charge in [-0.2, -0.15) is 18.2 Å². The molecule has 1 N–H and O–H groups in total. The topological polar surface area (TPSA) is 63.4 Å². The molecule has 0 radical (unpaired) electrons. The first kappa shape index (κ1) is 18.5. The van der Waals surface area contributed by atoms with Crippen molar-refractivity contribution in [2.45, 2.75) is 18.7 Å². The highest BCUT2D eigenvalue weighted by atomic mass is 19.4. The predicted octanol–water partition coefficient (Wildman–Crippen LogP) is 3.44. The van der Waals surface area contributed by atoms with E-state index in [1.54, 1.807) is 23.7 Å². The molecule has 1 unspecified atom stereocenters. The monoisotopic (exact) mass is 392 g/mol. The van der Waals surface area contributed by atoms with Gasteiger partial charge in [-0.1, -0.05) is 0 Å². The van der Waals surface area contributed by atoms with Gasteiger partial charge in [0.15, 0.2) is 5.65 Å². The van der Waals surface area contributed by atoms with Crippen LogP contribution in [0, 0.1) is 0 Å². The number of halogens is 3. The Bertz CT molecular complexity index is 1030. The van der Waals surface area contributed by atoms with Gasteiger partial charge in [-0.25, -0.2) is 4.98 Å². The lowest BCUT2D eigenvalue weighted by atomic mass is 10.1. The molecule has 4 rings (SSSR count). The number of fused-ring (bicyclic) bond motifs is 1. The van der Waals surface area contributed by atoms with Gasteiger partial charge >= 0.3 is 6.18 Å². The number of hydrogen-bond acceptors (Lipinski definition) is 5. The Hall–Kier alpha value is -2.81. The Morgan fingerprint density at radius 1 is 1.14 bits per heavy atom. The maximum Gasteiger partial charge on any atom is 0.416 e. The van der Waals surface area contributed by atoms with Gasteiger partial charge in [0.1, 0.15) is 17.7 Å². The lowest BCUT2D eigenvalue weighted by Gasteiger charge is -2.12. The third-order valence-electron chi connectivity index (χ3n) is 4.92. The van der Waals surface area contributed by atoms with Crippen LogP contribution in [-0.4, -0.2) is 50.8 Å². The average molecular weight is 392 g/mol. The Balaban J connectivity index is 1.68. The third kappa shape index (κ3) is 3.37. The molecule has 6 nitrogen and oxygen atoms in total. The zero-order valence-electron chi connectivity index (χ0n) is 15.4. The summed E-state index contributed by atoms with van der Waals surface area (Å²) >= 11 is 0. The molecule has 0 aliphatic carbocycles. The molecular weight excluding hydrogens is 373 g/mol. The molecule has 1 atom stereocenters. The molecule has 3 heterocycles. The first-order chi connectivity index (χ1) is 13.2. The number of likely N-dealkylation sites (N-methyl/N-ethyl adjacent to an activating group) is 1. The van der Waals surface area contributed by atoms with Crippen molar-refractivity contribution < 1.29 is 23.0 Å². The summed E-state index contributed by atoms with van der Waals surface area (Å²) in [7, 11) is 3.75. The number of pyridine rings is 1. The standard InChI is InChI=1S/C19H19F3N4O2/c1-25-8-7-12(10-25)28-16-6-5-14-17(23-16)24-18(26(14)2)13-4-3-11(9-15(13)27)19(20,21)22/h3-6,9,12,27H,7-8,10H2,1-2H3. The molecule has 3 aromatic rings. The number of ether oxygens (including phenoxy) is 1. The molecule has 0 bridgehead atoms. The second-order valence-corrected chi connectivity index (χ2v) is 7.01. The van der Waals surface area contributed by atoms with E-state index in [1.165, 1.54) is 6.07 Å². The minimum Gasteiger partial charge on any atom is -0.507 e. The molecule has 148 valence electrons. The summed E-state index contributed by atoms with van der Waals surface area (Å²) in [6, 6.07) is 6.39. The summed E-state index contributed by atoms with van der Waals surface area (Å²) in [6.45, 7) is 1.79. The minimum atomic E-state index is -4.52. The van der Waals surface area contributed by atoms with E-state index in [-0.39, 0.29) is 11.7 Å². The van der Waals surface area contributed by atoms with E-state index in [2.05, 4.69) is 14.9 Å². The Morgan fingerprint density at radius 2 is 1.93 bits per heavy atom. The molecule has 1 aliphatic rings. The molecule has 28 heavy (non-hydrogen) atoms. The summed E-state index contributed by atoms with van der Waals surface area (Å²) in [5.74, 6) is 0.291. The van der Waals surface area contributed by atoms with Crippen LogP contribution >= 0.6 is 0 Å². The van der Waals surface area contributed by atoms with Gasteiger partial charge in [-0.15, -0.1) is 0 Å². The van der Waals surface area contributed by atoms with E-state index in [0.717, 1.165) is 25.6 Å². The van der Waals surface area contributed by atoms with Crippen molar-refractivity contribution in [1.82, 2.24) is 19.4 Å². The van der Waals surface area contributed by atoms with Crippen LogP contribution in [-0.2, 0) is 13.2 Å². The molecule has 1 fully saturated rings. The van der Waals surface area contributed by atoms with Crippen molar-refractivity contribution in [3.05, 3.63) is 35.9 Å². The summed E-state index contributed by atoms with van der Waals surface area (Å²) in [5, 5.41) is 10.1. The van der Waals surface area contributed by atoms with E-state index in [9.17, 15) is 18.3 Å². The number of aromatic nitrogens is 3. The normalized spacial score (nSPS) is 18.1. The van der Waals surface area contributed by atoms with Crippen LogP contribution in [0.5, 0.6) is 11.6 Å². The Kier molecular flexibility index (Phi) is 4.41. The van der Waals surface area contributed by atoms with Crippen LogP contribution < -0.4 is 4.74 Å². The van der Waals surface area contributed by atoms with E-state index in [1.807, 2.05) is 7.05 Å². The SMILES string of the molecule is CN1CCC(Oc2ccc3c(n2)nc(-c2ccc(C(F)(F)F)cc2O)n3C)C1. The minimum absolute atomic E-state index is 0.0667. The maximum absolute atomic E-state index is 12.8. The number of alkyl halides is 3. The van der Waals surface area contributed by atoms with Crippen molar-refractivity contribution in [3.63, 3.8) is 0 Å². The smallest absolute Gasteiger partial charge is 0.416 e. The largest absolute Gasteiger partial charge is 0.507 e. The highest BCUT2D eigenvalue weighted by Crippen LogP contribution is 2.37. The van der Waals surface area contributed by atoms with Crippen molar-refractivity contribution in [1.29, 1.82) is 0 Å². The van der Waals surface area contributed by atoms with Crippen LogP contribution in [0.1, 0.15) is 12.0 Å². The number of hydrogen-bond donors (Lipinski definition) is 1. The summed E-state index contributed by atoms with van der Waals surface area (Å²) < 4.78 is 46.1. The Labute approximate surface area is 159 Å². The number of imidazole rings is 1. The van der Waals surface area contributed by atoms with Crippen LogP contribution in [0.3, 0.4) is 0 Å². The van der Waals surface area contributed by atoms with Gasteiger partial charge in [-0.05, 0) is 37.7 Å². The molecule has 2 aromatic heterocycles. The third-order valence-corrected chi connectivity index (χ3v) is 4.92. The zero-order valence-corrected chi connectivity index (χ0v) is 15.4. The van der Waals surface area contributed by atoms with Gasteiger partial charge in [0.05, 0.1) is 16.6 Å². The van der Waals surface area contributed by atoms with E-state index in [0.29, 0.717) is 28.9 Å². The second kappa shape index (κ2) is 6.66. The van der Waals surface area contributed by atoms with Crippen molar-refractivity contribution in [2.24, 2.45) is 7.05 Å². The van der Waals surface area contributed by atoms with Gasteiger partial charge in [0, 0.05) is 26.2 Å². The van der Waals surface area contributed by atoms with Crippen LogP contribution in [0.25, 0.3) is 22.6 Å². The number of phenols is 1. The first-order valence-corrected chi connectivity index (χ1v) is 8.81. The average Bonchev–Trinajstić information content (AvgIpc) is 3.17. The number of nitrogens with zero attached hydrogens (tertiary/aromatic N) is 4. The van der Waals surface area contributed by atoms with E-state index in [4.69, 9.17) is 4.74 Å². The molecule has 0 saturated carbocycles. The lowest BCUT2D eigenvalue weighted by Crippen LogP contribution is -2.21. The van der Waals surface area contributed by atoms with E-state index < -0.39 is 17.5 Å². The van der Waals surface area contributed by atoms with Crippen LogP contribution in [0.4, 0.5) is 13.2 Å². The Morgan fingerprint density at radius 3 is 2.57 bits per heavy atom. The van der Waals surface area contributed by atoms with Crippen molar-refractivity contribution in [2.75, 3.05) is 20.1 Å². The van der Waals surface area contributed by atoms with Crippen molar-refractivity contribution >= 4 is 11.2 Å². The fraction of sp³-hybridized carbons (Fsp3) is 0.368. The summed E-state index contributed by atoms with van der Waals surface area (Å²) in [6.07, 6.45) is -3.54. The highest BCUT2D eigenvalue weighted by Gasteiger charge is 2.31. The predicted molar refractivity (Wildman–Crippen MR) is 97.1 cm³/mol. The number of aromatic hydroxyl groups is 1. The number of likely N-dealkylation sites (tertiary alicyclic amines) is 1. The molecule has 0 spiro atoms. The molecule has 9 heteroatoms. The molecular formula is C19H19F3N4O2. The lowest BCUT2D eigenvalue weighted by molar-refractivity contribution is -0.137. The number of rotatable bonds is 3.